The number of β-amino-alcohol motifs (C(OH)–C–C–N with tert-alkyl or cyclic N) is 1. The fourth-order valence-electron chi connectivity index (χ4n) is 2.87. The summed E-state index contributed by atoms with van der Waals surface area (Å²) in [4.78, 5) is 0.194. The Bertz CT molecular complexity index is 757. The van der Waals surface area contributed by atoms with Gasteiger partial charge >= 0.3 is 0 Å². The maximum Gasteiger partial charge on any atom is 0.243 e. The first-order valence-electron chi connectivity index (χ1n) is 9.27. The third-order valence-electron chi connectivity index (χ3n) is 6.00. The minimum atomic E-state index is -3.73. The molecule has 0 radical (unpaired) electrons. The van der Waals surface area contributed by atoms with Gasteiger partial charge < -0.3 is 14.6 Å². The summed E-state index contributed by atoms with van der Waals surface area (Å²) in [5.41, 5.74) is -0.426. The van der Waals surface area contributed by atoms with Crippen LogP contribution < -0.4 is 0 Å². The number of nitrogens with zero attached hydrogens (tertiary/aromatic N) is 1. The molecule has 2 rings (SSSR count). The van der Waals surface area contributed by atoms with Crippen LogP contribution in [-0.2, 0) is 14.4 Å². The van der Waals surface area contributed by atoms with E-state index in [1.54, 1.807) is 24.3 Å². The number of sulfonamides is 1. The van der Waals surface area contributed by atoms with E-state index in [0.717, 1.165) is 5.56 Å². The lowest BCUT2D eigenvalue weighted by Crippen LogP contribution is -2.50. The lowest BCUT2D eigenvalue weighted by Gasteiger charge is -2.39. The summed E-state index contributed by atoms with van der Waals surface area (Å²) in [6, 6.07) is 6.64. The van der Waals surface area contributed by atoms with Crippen LogP contribution in [0.4, 0.5) is 0 Å². The Balaban J connectivity index is 2.21. The number of aliphatic hydroxyl groups is 2. The van der Waals surface area contributed by atoms with E-state index >= 15 is 0 Å². The van der Waals surface area contributed by atoms with Gasteiger partial charge in [-0.25, -0.2) is 8.42 Å². The molecular formula is C19H33NO5SSi. The van der Waals surface area contributed by atoms with E-state index in [9.17, 15) is 18.6 Å². The number of benzene rings is 1. The van der Waals surface area contributed by atoms with Crippen molar-refractivity contribution in [3.63, 3.8) is 0 Å². The van der Waals surface area contributed by atoms with E-state index in [-0.39, 0.29) is 36.2 Å². The van der Waals surface area contributed by atoms with Gasteiger partial charge in [0.15, 0.2) is 8.32 Å². The fraction of sp³-hybridized carbons (Fsp3) is 0.684. The second-order valence-corrected chi connectivity index (χ2v) is 15.9. The zero-order valence-electron chi connectivity index (χ0n) is 17.2. The highest BCUT2D eigenvalue weighted by Crippen LogP contribution is 2.39. The van der Waals surface area contributed by atoms with Crippen LogP contribution in [0.3, 0.4) is 0 Å². The van der Waals surface area contributed by atoms with Crippen LogP contribution in [0.25, 0.3) is 0 Å². The predicted octanol–water partition coefficient (Wildman–Crippen LogP) is 2.36. The number of hydrogen-bond donors (Lipinski definition) is 2. The molecule has 0 saturated carbocycles. The van der Waals surface area contributed by atoms with Crippen molar-refractivity contribution in [1.29, 1.82) is 0 Å². The standard InChI is InChI=1S/C19H33NO5SSi/c1-15-7-9-17(10-8-15)26(23,24)20-11-16(12-21)19(22,13-20)14-25-27(5,6)18(2,3)4/h7-10,16,21-22H,11-14H2,1-6H3/t16-,19+/m0/s1. The van der Waals surface area contributed by atoms with Gasteiger partial charge in [-0.2, -0.15) is 4.31 Å². The molecule has 1 aromatic rings. The topological polar surface area (TPSA) is 87.1 Å². The average Bonchev–Trinajstić information content (AvgIpc) is 2.90. The van der Waals surface area contributed by atoms with Gasteiger partial charge in [-0.05, 0) is 37.2 Å². The van der Waals surface area contributed by atoms with Crippen molar-refractivity contribution in [2.75, 3.05) is 26.3 Å². The van der Waals surface area contributed by atoms with Gasteiger partial charge in [0, 0.05) is 19.0 Å². The summed E-state index contributed by atoms with van der Waals surface area (Å²) in [6.07, 6.45) is 0. The molecule has 1 fully saturated rings. The number of rotatable bonds is 6. The lowest BCUT2D eigenvalue weighted by atomic mass is 9.93. The largest absolute Gasteiger partial charge is 0.414 e. The van der Waals surface area contributed by atoms with Crippen LogP contribution >= 0.6 is 0 Å². The molecular weight excluding hydrogens is 382 g/mol. The molecule has 0 aromatic heterocycles. The summed E-state index contributed by atoms with van der Waals surface area (Å²) in [7, 11) is -5.84. The van der Waals surface area contributed by atoms with Gasteiger partial charge in [-0.3, -0.25) is 0 Å². The van der Waals surface area contributed by atoms with Crippen molar-refractivity contribution >= 4 is 18.3 Å². The van der Waals surface area contributed by atoms with Gasteiger partial charge in [-0.1, -0.05) is 38.5 Å². The molecule has 1 aliphatic heterocycles. The maximum absolute atomic E-state index is 13.0. The highest BCUT2D eigenvalue weighted by atomic mass is 32.2. The number of aliphatic hydroxyl groups excluding tert-OH is 1. The molecule has 1 heterocycles. The molecule has 2 atom stereocenters. The van der Waals surface area contributed by atoms with Crippen molar-refractivity contribution in [2.24, 2.45) is 5.92 Å². The Labute approximate surface area is 164 Å². The van der Waals surface area contributed by atoms with Gasteiger partial charge in [-0.15, -0.1) is 0 Å². The molecule has 1 aromatic carbocycles. The zero-order valence-corrected chi connectivity index (χ0v) is 19.0. The average molecular weight is 416 g/mol. The molecule has 1 saturated heterocycles. The van der Waals surface area contributed by atoms with Crippen LogP contribution in [0, 0.1) is 12.8 Å². The summed E-state index contributed by atoms with van der Waals surface area (Å²) in [5, 5.41) is 20.9. The van der Waals surface area contributed by atoms with Crippen LogP contribution in [-0.4, -0.2) is 63.2 Å². The van der Waals surface area contributed by atoms with E-state index in [0.29, 0.717) is 0 Å². The smallest absolute Gasteiger partial charge is 0.243 e. The van der Waals surface area contributed by atoms with Crippen LogP contribution in [0.2, 0.25) is 18.1 Å². The minimum absolute atomic E-state index is 0.0225. The molecule has 27 heavy (non-hydrogen) atoms. The highest BCUT2D eigenvalue weighted by molar-refractivity contribution is 7.89. The van der Waals surface area contributed by atoms with E-state index < -0.39 is 29.9 Å². The quantitative estimate of drug-likeness (QED) is 0.697. The first kappa shape index (κ1) is 22.5. The molecule has 2 N–H and O–H groups in total. The fourth-order valence-corrected chi connectivity index (χ4v) is 5.46. The van der Waals surface area contributed by atoms with E-state index in [1.165, 1.54) is 4.31 Å². The molecule has 1 aliphatic rings. The van der Waals surface area contributed by atoms with E-state index in [2.05, 4.69) is 33.9 Å². The van der Waals surface area contributed by atoms with Gasteiger partial charge in [0.25, 0.3) is 0 Å². The summed E-state index contributed by atoms with van der Waals surface area (Å²) in [6.45, 7) is 12.1. The van der Waals surface area contributed by atoms with Gasteiger partial charge in [0.05, 0.1) is 18.1 Å². The van der Waals surface area contributed by atoms with Gasteiger partial charge in [0.1, 0.15) is 5.60 Å². The van der Waals surface area contributed by atoms with Crippen molar-refractivity contribution < 1.29 is 23.1 Å². The van der Waals surface area contributed by atoms with Gasteiger partial charge in [0.2, 0.25) is 10.0 Å². The summed E-state index contributed by atoms with van der Waals surface area (Å²) < 4.78 is 33.3. The second kappa shape index (κ2) is 7.57. The Kier molecular flexibility index (Phi) is 6.31. The normalized spacial score (nSPS) is 25.1. The first-order chi connectivity index (χ1) is 12.2. The SMILES string of the molecule is Cc1ccc(S(=O)(=O)N2C[C@@H](CO)[C@](O)(CO[Si](C)(C)C(C)(C)C)C2)cc1. The molecule has 0 aliphatic carbocycles. The molecule has 0 spiro atoms. The van der Waals surface area contributed by atoms with Crippen LogP contribution in [0.5, 0.6) is 0 Å². The van der Waals surface area contributed by atoms with Crippen molar-refractivity contribution in [1.82, 2.24) is 4.31 Å². The molecule has 0 bridgehead atoms. The molecule has 6 nitrogen and oxygen atoms in total. The summed E-state index contributed by atoms with van der Waals surface area (Å²) >= 11 is 0. The Morgan fingerprint density at radius 3 is 2.30 bits per heavy atom. The molecule has 0 unspecified atom stereocenters. The Morgan fingerprint density at radius 2 is 1.81 bits per heavy atom. The molecule has 8 heteroatoms. The van der Waals surface area contributed by atoms with Crippen molar-refractivity contribution in [3.8, 4) is 0 Å². The highest BCUT2D eigenvalue weighted by Gasteiger charge is 2.50. The van der Waals surface area contributed by atoms with Crippen molar-refractivity contribution in [2.45, 2.75) is 56.3 Å². The first-order valence-corrected chi connectivity index (χ1v) is 13.6. The third-order valence-corrected chi connectivity index (χ3v) is 12.3. The number of hydrogen-bond acceptors (Lipinski definition) is 5. The van der Waals surface area contributed by atoms with E-state index in [4.69, 9.17) is 4.43 Å². The molecule has 0 amide bonds. The lowest BCUT2D eigenvalue weighted by molar-refractivity contribution is -0.0440. The zero-order chi connectivity index (χ0) is 20.7. The monoisotopic (exact) mass is 415 g/mol. The van der Waals surface area contributed by atoms with Crippen molar-refractivity contribution in [3.05, 3.63) is 29.8 Å². The predicted molar refractivity (Wildman–Crippen MR) is 109 cm³/mol. The minimum Gasteiger partial charge on any atom is -0.414 e. The maximum atomic E-state index is 13.0. The third kappa shape index (κ3) is 4.63. The Morgan fingerprint density at radius 1 is 1.26 bits per heavy atom. The van der Waals surface area contributed by atoms with Crippen LogP contribution in [0.15, 0.2) is 29.2 Å². The second-order valence-electron chi connectivity index (χ2n) is 9.14. The summed E-state index contributed by atoms with van der Waals surface area (Å²) in [5.74, 6) is -0.581. The number of aryl methyl sites for hydroxylation is 1. The van der Waals surface area contributed by atoms with Crippen LogP contribution in [0.1, 0.15) is 26.3 Å². The molecule has 154 valence electrons. The van der Waals surface area contributed by atoms with E-state index in [1.807, 2.05) is 6.92 Å². The Hall–Kier alpha value is -0.773.